The highest BCUT2D eigenvalue weighted by Gasteiger charge is 2.07. The van der Waals surface area contributed by atoms with Gasteiger partial charge >= 0.3 is 6.01 Å². The van der Waals surface area contributed by atoms with E-state index in [0.29, 0.717) is 17.1 Å². The van der Waals surface area contributed by atoms with Crippen molar-refractivity contribution in [1.29, 1.82) is 0 Å². The molecule has 0 fully saturated rings. The monoisotopic (exact) mass is 236 g/mol. The normalized spacial score (nSPS) is 10.8. The highest BCUT2D eigenvalue weighted by atomic mass is 35.5. The van der Waals surface area contributed by atoms with E-state index in [4.69, 9.17) is 16.3 Å². The Kier molecular flexibility index (Phi) is 3.15. The van der Waals surface area contributed by atoms with Gasteiger partial charge in [0.25, 0.3) is 0 Å². The van der Waals surface area contributed by atoms with Gasteiger partial charge in [-0.3, -0.25) is 4.57 Å². The lowest BCUT2D eigenvalue weighted by Gasteiger charge is -2.11. The first kappa shape index (κ1) is 11.0. The fraction of sp³-hybridized carbons (Fsp3) is 0.250. The zero-order chi connectivity index (χ0) is 11.5. The molecule has 3 nitrogen and oxygen atoms in total. The molecule has 0 N–H and O–H groups in total. The summed E-state index contributed by atoms with van der Waals surface area (Å²) >= 11 is 5.80. The van der Waals surface area contributed by atoms with Crippen LogP contribution in [0.2, 0.25) is 5.02 Å². The van der Waals surface area contributed by atoms with Crippen LogP contribution in [0.4, 0.5) is 0 Å². The van der Waals surface area contributed by atoms with E-state index in [9.17, 15) is 0 Å². The maximum atomic E-state index is 5.80. The molecule has 16 heavy (non-hydrogen) atoms. The Morgan fingerprint density at radius 1 is 1.25 bits per heavy atom. The number of halogens is 1. The number of ether oxygens (including phenoxy) is 1. The van der Waals surface area contributed by atoms with Crippen LogP contribution >= 0.6 is 11.6 Å². The lowest BCUT2D eigenvalue weighted by atomic mass is 10.3. The Morgan fingerprint density at radius 2 is 1.94 bits per heavy atom. The number of imidazole rings is 1. The molecule has 84 valence electrons. The third-order valence-corrected chi connectivity index (χ3v) is 2.46. The quantitative estimate of drug-likeness (QED) is 0.808. The molecule has 2 rings (SSSR count). The van der Waals surface area contributed by atoms with Gasteiger partial charge in [0.2, 0.25) is 0 Å². The van der Waals surface area contributed by atoms with Crippen LogP contribution < -0.4 is 4.74 Å². The molecule has 0 aliphatic carbocycles. The number of benzene rings is 1. The first-order valence-corrected chi connectivity index (χ1v) is 5.51. The summed E-state index contributed by atoms with van der Waals surface area (Å²) in [7, 11) is 0. The molecule has 0 atom stereocenters. The summed E-state index contributed by atoms with van der Waals surface area (Å²) in [5.74, 6) is 0.734. The number of hydrogen-bond donors (Lipinski definition) is 0. The van der Waals surface area contributed by atoms with Crippen molar-refractivity contribution in [2.24, 2.45) is 0 Å². The van der Waals surface area contributed by atoms with E-state index < -0.39 is 0 Å². The summed E-state index contributed by atoms with van der Waals surface area (Å²) in [6, 6.07) is 8.14. The molecular weight excluding hydrogens is 224 g/mol. The zero-order valence-electron chi connectivity index (χ0n) is 9.22. The van der Waals surface area contributed by atoms with Crippen molar-refractivity contribution in [3.63, 3.8) is 0 Å². The number of aromatic nitrogens is 2. The van der Waals surface area contributed by atoms with Crippen LogP contribution in [0.1, 0.15) is 19.9 Å². The Morgan fingerprint density at radius 3 is 2.56 bits per heavy atom. The topological polar surface area (TPSA) is 27.1 Å². The standard InChI is InChI=1S/C12H13ClN2O/c1-9(2)15-8-7-14-12(15)16-11-5-3-10(13)4-6-11/h3-9H,1-2H3. The van der Waals surface area contributed by atoms with Gasteiger partial charge in [0.15, 0.2) is 0 Å². The molecule has 0 aliphatic rings. The van der Waals surface area contributed by atoms with Gasteiger partial charge in [-0.15, -0.1) is 0 Å². The van der Waals surface area contributed by atoms with E-state index >= 15 is 0 Å². The molecule has 0 bridgehead atoms. The Balaban J connectivity index is 2.20. The predicted molar refractivity (Wildman–Crippen MR) is 64.1 cm³/mol. The number of nitrogens with zero attached hydrogens (tertiary/aromatic N) is 2. The minimum atomic E-state index is 0.324. The fourth-order valence-electron chi connectivity index (χ4n) is 1.38. The largest absolute Gasteiger partial charge is 0.426 e. The van der Waals surface area contributed by atoms with Gasteiger partial charge in [-0.1, -0.05) is 11.6 Å². The average molecular weight is 237 g/mol. The van der Waals surface area contributed by atoms with E-state index in [0.717, 1.165) is 5.75 Å². The predicted octanol–water partition coefficient (Wildman–Crippen LogP) is 3.91. The Labute approximate surface area is 99.6 Å². The van der Waals surface area contributed by atoms with Crippen molar-refractivity contribution in [3.8, 4) is 11.8 Å². The van der Waals surface area contributed by atoms with E-state index in [-0.39, 0.29) is 0 Å². The van der Waals surface area contributed by atoms with Gasteiger partial charge in [-0.2, -0.15) is 0 Å². The molecule has 0 aliphatic heterocycles. The molecule has 0 saturated carbocycles. The van der Waals surface area contributed by atoms with Crippen LogP contribution in [0, 0.1) is 0 Å². The smallest absolute Gasteiger partial charge is 0.302 e. The average Bonchev–Trinajstić information content (AvgIpc) is 2.69. The van der Waals surface area contributed by atoms with E-state index in [1.54, 1.807) is 18.3 Å². The number of hydrogen-bond acceptors (Lipinski definition) is 2. The zero-order valence-corrected chi connectivity index (χ0v) is 9.98. The van der Waals surface area contributed by atoms with Crippen molar-refractivity contribution < 1.29 is 4.74 Å². The van der Waals surface area contributed by atoms with Crippen molar-refractivity contribution in [2.45, 2.75) is 19.9 Å². The van der Waals surface area contributed by atoms with Crippen molar-refractivity contribution in [3.05, 3.63) is 41.7 Å². The maximum Gasteiger partial charge on any atom is 0.302 e. The second-order valence-corrected chi connectivity index (χ2v) is 4.20. The van der Waals surface area contributed by atoms with Gasteiger partial charge in [-0.05, 0) is 38.1 Å². The SMILES string of the molecule is CC(C)n1ccnc1Oc1ccc(Cl)cc1. The fourth-order valence-corrected chi connectivity index (χ4v) is 1.51. The van der Waals surface area contributed by atoms with Gasteiger partial charge in [0, 0.05) is 23.5 Å². The molecule has 1 aromatic carbocycles. The maximum absolute atomic E-state index is 5.80. The first-order chi connectivity index (χ1) is 7.66. The van der Waals surface area contributed by atoms with Gasteiger partial charge < -0.3 is 4.74 Å². The van der Waals surface area contributed by atoms with Crippen LogP contribution in [0.25, 0.3) is 0 Å². The number of rotatable bonds is 3. The minimum Gasteiger partial charge on any atom is -0.426 e. The van der Waals surface area contributed by atoms with Crippen LogP contribution in [0.15, 0.2) is 36.7 Å². The first-order valence-electron chi connectivity index (χ1n) is 5.13. The molecule has 0 radical (unpaired) electrons. The molecular formula is C12H13ClN2O. The second-order valence-electron chi connectivity index (χ2n) is 3.77. The molecule has 2 aromatic rings. The van der Waals surface area contributed by atoms with Crippen LogP contribution in [-0.2, 0) is 0 Å². The van der Waals surface area contributed by atoms with Crippen molar-refractivity contribution in [1.82, 2.24) is 9.55 Å². The molecule has 0 amide bonds. The van der Waals surface area contributed by atoms with Crippen LogP contribution in [-0.4, -0.2) is 9.55 Å². The van der Waals surface area contributed by atoms with Crippen LogP contribution in [0.3, 0.4) is 0 Å². The lowest BCUT2D eigenvalue weighted by molar-refractivity contribution is 0.396. The molecule has 0 saturated heterocycles. The van der Waals surface area contributed by atoms with Gasteiger partial charge in [-0.25, -0.2) is 4.98 Å². The van der Waals surface area contributed by atoms with E-state index in [1.807, 2.05) is 22.9 Å². The van der Waals surface area contributed by atoms with Gasteiger partial charge in [0.05, 0.1) is 0 Å². The van der Waals surface area contributed by atoms with Crippen molar-refractivity contribution in [2.75, 3.05) is 0 Å². The molecule has 4 heteroatoms. The Hall–Kier alpha value is -1.48. The molecule has 0 spiro atoms. The van der Waals surface area contributed by atoms with Gasteiger partial charge in [0.1, 0.15) is 5.75 Å². The lowest BCUT2D eigenvalue weighted by Crippen LogP contribution is -2.01. The highest BCUT2D eigenvalue weighted by Crippen LogP contribution is 2.23. The van der Waals surface area contributed by atoms with E-state index in [1.165, 1.54) is 0 Å². The third-order valence-electron chi connectivity index (χ3n) is 2.21. The molecule has 0 unspecified atom stereocenters. The van der Waals surface area contributed by atoms with Crippen molar-refractivity contribution >= 4 is 11.6 Å². The van der Waals surface area contributed by atoms with E-state index in [2.05, 4.69) is 18.8 Å². The summed E-state index contributed by atoms with van der Waals surface area (Å²) in [5.41, 5.74) is 0. The summed E-state index contributed by atoms with van der Waals surface area (Å²) in [6.07, 6.45) is 3.63. The molecule has 1 heterocycles. The highest BCUT2D eigenvalue weighted by molar-refractivity contribution is 6.30. The Bertz CT molecular complexity index is 462. The summed E-state index contributed by atoms with van der Waals surface area (Å²) in [6.45, 7) is 4.16. The third kappa shape index (κ3) is 2.36. The summed E-state index contributed by atoms with van der Waals surface area (Å²) in [4.78, 5) is 4.16. The summed E-state index contributed by atoms with van der Waals surface area (Å²) < 4.78 is 7.63. The summed E-state index contributed by atoms with van der Waals surface area (Å²) in [5, 5.41) is 0.694. The minimum absolute atomic E-state index is 0.324. The second kappa shape index (κ2) is 4.58. The molecule has 1 aromatic heterocycles. The van der Waals surface area contributed by atoms with Crippen LogP contribution in [0.5, 0.6) is 11.8 Å².